The Hall–Kier alpha value is -1.26. The van der Waals surface area contributed by atoms with Crippen LogP contribution in [0, 0.1) is 11.8 Å². The lowest BCUT2D eigenvalue weighted by molar-refractivity contribution is -0.142. The summed E-state index contributed by atoms with van der Waals surface area (Å²) in [5.41, 5.74) is 0. The van der Waals surface area contributed by atoms with Crippen molar-refractivity contribution in [3.05, 3.63) is 0 Å². The van der Waals surface area contributed by atoms with E-state index in [4.69, 9.17) is 5.11 Å². The van der Waals surface area contributed by atoms with Crippen LogP contribution in [-0.4, -0.2) is 29.7 Å². The van der Waals surface area contributed by atoms with Crippen molar-refractivity contribution in [2.45, 2.75) is 52.0 Å². The minimum absolute atomic E-state index is 0.125. The maximum absolute atomic E-state index is 11.6. The molecule has 0 heterocycles. The molecule has 0 radical (unpaired) electrons. The molecule has 2 amide bonds. The number of urea groups is 1. The first-order valence-electron chi connectivity index (χ1n) is 6.76. The number of nitrogens with one attached hydrogen (secondary N) is 2. The van der Waals surface area contributed by atoms with Gasteiger partial charge in [0.15, 0.2) is 0 Å². The average Bonchev–Trinajstić information content (AvgIpc) is 2.29. The molecule has 0 aromatic heterocycles. The Morgan fingerprint density at radius 3 is 2.33 bits per heavy atom. The molecule has 5 nitrogen and oxygen atoms in total. The van der Waals surface area contributed by atoms with Crippen LogP contribution < -0.4 is 10.6 Å². The summed E-state index contributed by atoms with van der Waals surface area (Å²) >= 11 is 0. The highest BCUT2D eigenvalue weighted by Gasteiger charge is 2.26. The molecule has 0 bridgehead atoms. The van der Waals surface area contributed by atoms with E-state index in [-0.39, 0.29) is 18.0 Å². The van der Waals surface area contributed by atoms with Gasteiger partial charge in [-0.2, -0.15) is 0 Å². The molecule has 1 fully saturated rings. The SMILES string of the molecule is CC(C)CCNC(=O)NC1CCC(C(=O)O)CC1. The summed E-state index contributed by atoms with van der Waals surface area (Å²) in [4.78, 5) is 22.4. The second-order valence-corrected chi connectivity index (χ2v) is 5.47. The second-order valence-electron chi connectivity index (χ2n) is 5.47. The van der Waals surface area contributed by atoms with E-state index >= 15 is 0 Å². The highest BCUT2D eigenvalue weighted by molar-refractivity contribution is 5.74. The first-order chi connectivity index (χ1) is 8.49. The quantitative estimate of drug-likeness (QED) is 0.703. The Morgan fingerprint density at radius 2 is 1.83 bits per heavy atom. The van der Waals surface area contributed by atoms with Crippen molar-refractivity contribution in [2.24, 2.45) is 11.8 Å². The summed E-state index contributed by atoms with van der Waals surface area (Å²) in [7, 11) is 0. The van der Waals surface area contributed by atoms with Crippen molar-refractivity contribution < 1.29 is 14.7 Å². The Balaban J connectivity index is 2.16. The first kappa shape index (κ1) is 14.8. The van der Waals surface area contributed by atoms with Crippen molar-refractivity contribution in [2.75, 3.05) is 6.54 Å². The van der Waals surface area contributed by atoms with E-state index in [1.54, 1.807) is 0 Å². The summed E-state index contributed by atoms with van der Waals surface area (Å²) in [5, 5.41) is 14.6. The molecule has 0 unspecified atom stereocenters. The van der Waals surface area contributed by atoms with Crippen LogP contribution in [0.1, 0.15) is 46.0 Å². The third-order valence-corrected chi connectivity index (χ3v) is 3.42. The molecule has 0 saturated heterocycles. The normalized spacial score (nSPS) is 23.7. The summed E-state index contributed by atoms with van der Waals surface area (Å²) in [6, 6.07) is -0.00549. The molecular formula is C13H24N2O3. The maximum Gasteiger partial charge on any atom is 0.315 e. The smallest absolute Gasteiger partial charge is 0.315 e. The van der Waals surface area contributed by atoms with E-state index in [0.29, 0.717) is 25.3 Å². The van der Waals surface area contributed by atoms with Crippen molar-refractivity contribution >= 4 is 12.0 Å². The summed E-state index contributed by atoms with van der Waals surface area (Å²) in [5.74, 6) is -0.363. The van der Waals surface area contributed by atoms with E-state index in [9.17, 15) is 9.59 Å². The minimum atomic E-state index is -0.713. The summed E-state index contributed by atoms with van der Waals surface area (Å²) in [6.07, 6.45) is 3.81. The summed E-state index contributed by atoms with van der Waals surface area (Å²) in [6.45, 7) is 4.92. The lowest BCUT2D eigenvalue weighted by Gasteiger charge is -2.26. The standard InChI is InChI=1S/C13H24N2O3/c1-9(2)7-8-14-13(18)15-11-5-3-10(4-6-11)12(16)17/h9-11H,3-8H2,1-2H3,(H,16,17)(H2,14,15,18). The minimum Gasteiger partial charge on any atom is -0.481 e. The molecule has 0 aromatic carbocycles. The van der Waals surface area contributed by atoms with E-state index in [2.05, 4.69) is 24.5 Å². The lowest BCUT2D eigenvalue weighted by atomic mass is 9.86. The summed E-state index contributed by atoms with van der Waals surface area (Å²) < 4.78 is 0. The molecular weight excluding hydrogens is 232 g/mol. The van der Waals surface area contributed by atoms with Gasteiger partial charge in [-0.05, 0) is 38.0 Å². The van der Waals surface area contributed by atoms with Gasteiger partial charge in [-0.15, -0.1) is 0 Å². The number of aliphatic carboxylic acids is 1. The Labute approximate surface area is 108 Å². The number of hydrogen-bond donors (Lipinski definition) is 3. The van der Waals surface area contributed by atoms with Crippen molar-refractivity contribution in [3.8, 4) is 0 Å². The zero-order valence-corrected chi connectivity index (χ0v) is 11.2. The average molecular weight is 256 g/mol. The number of carbonyl (C=O) groups is 2. The molecule has 0 atom stereocenters. The van der Waals surface area contributed by atoms with Crippen LogP contribution in [0.15, 0.2) is 0 Å². The van der Waals surface area contributed by atoms with Crippen LogP contribution in [-0.2, 0) is 4.79 Å². The fourth-order valence-electron chi connectivity index (χ4n) is 2.20. The zero-order valence-electron chi connectivity index (χ0n) is 11.2. The number of carbonyl (C=O) groups excluding carboxylic acids is 1. The van der Waals surface area contributed by atoms with Crippen molar-refractivity contribution in [1.82, 2.24) is 10.6 Å². The van der Waals surface area contributed by atoms with Gasteiger partial charge in [0.05, 0.1) is 5.92 Å². The number of carboxylic acids is 1. The molecule has 0 aromatic rings. The molecule has 1 saturated carbocycles. The van der Waals surface area contributed by atoms with Gasteiger partial charge in [-0.1, -0.05) is 13.8 Å². The molecule has 1 rings (SSSR count). The molecule has 1 aliphatic carbocycles. The van der Waals surface area contributed by atoms with E-state index in [1.165, 1.54) is 0 Å². The highest BCUT2D eigenvalue weighted by atomic mass is 16.4. The van der Waals surface area contributed by atoms with Crippen molar-refractivity contribution in [3.63, 3.8) is 0 Å². The van der Waals surface area contributed by atoms with Crippen LogP contribution in [0.4, 0.5) is 4.79 Å². The number of amides is 2. The lowest BCUT2D eigenvalue weighted by Crippen LogP contribution is -2.44. The Morgan fingerprint density at radius 1 is 1.22 bits per heavy atom. The van der Waals surface area contributed by atoms with Gasteiger partial charge in [-0.25, -0.2) is 4.79 Å². The van der Waals surface area contributed by atoms with E-state index in [1.807, 2.05) is 0 Å². The number of rotatable bonds is 5. The first-order valence-corrected chi connectivity index (χ1v) is 6.76. The van der Waals surface area contributed by atoms with E-state index < -0.39 is 5.97 Å². The van der Waals surface area contributed by atoms with Gasteiger partial charge in [0.25, 0.3) is 0 Å². The van der Waals surface area contributed by atoms with Gasteiger partial charge in [0.1, 0.15) is 0 Å². The third kappa shape index (κ3) is 5.38. The Bertz CT molecular complexity index is 284. The maximum atomic E-state index is 11.6. The van der Waals surface area contributed by atoms with Crippen molar-refractivity contribution in [1.29, 1.82) is 0 Å². The second kappa shape index (κ2) is 7.24. The highest BCUT2D eigenvalue weighted by Crippen LogP contribution is 2.24. The topological polar surface area (TPSA) is 78.4 Å². The fourth-order valence-corrected chi connectivity index (χ4v) is 2.20. The molecule has 1 aliphatic rings. The number of carboxylic acid groups (broad SMARTS) is 1. The molecule has 18 heavy (non-hydrogen) atoms. The van der Waals surface area contributed by atoms with Crippen LogP contribution in [0.25, 0.3) is 0 Å². The van der Waals surface area contributed by atoms with Gasteiger partial charge in [0, 0.05) is 12.6 Å². The van der Waals surface area contributed by atoms with Gasteiger partial charge in [0.2, 0.25) is 0 Å². The van der Waals surface area contributed by atoms with Gasteiger partial charge in [-0.3, -0.25) is 4.79 Å². The van der Waals surface area contributed by atoms with Gasteiger partial charge < -0.3 is 15.7 Å². The van der Waals surface area contributed by atoms with Gasteiger partial charge >= 0.3 is 12.0 Å². The largest absolute Gasteiger partial charge is 0.481 e. The van der Waals surface area contributed by atoms with Crippen LogP contribution >= 0.6 is 0 Å². The number of hydrogen-bond acceptors (Lipinski definition) is 2. The van der Waals surface area contributed by atoms with Crippen LogP contribution in [0.3, 0.4) is 0 Å². The fraction of sp³-hybridized carbons (Fsp3) is 0.846. The molecule has 0 aliphatic heterocycles. The Kier molecular flexibility index (Phi) is 5.95. The van der Waals surface area contributed by atoms with Crippen LogP contribution in [0.5, 0.6) is 0 Å². The predicted molar refractivity (Wildman–Crippen MR) is 69.4 cm³/mol. The molecule has 0 spiro atoms. The predicted octanol–water partition coefficient (Wildman–Crippen LogP) is 1.98. The monoisotopic (exact) mass is 256 g/mol. The van der Waals surface area contributed by atoms with Crippen LogP contribution in [0.2, 0.25) is 0 Å². The molecule has 3 N–H and O–H groups in total. The zero-order chi connectivity index (χ0) is 13.5. The molecule has 104 valence electrons. The third-order valence-electron chi connectivity index (χ3n) is 3.42. The molecule has 5 heteroatoms. The van der Waals surface area contributed by atoms with E-state index in [0.717, 1.165) is 19.3 Å².